The molecule has 55 heavy (non-hydrogen) atoms. The molecule has 3 heterocycles. The van der Waals surface area contributed by atoms with E-state index >= 15 is 0 Å². The number of benzene rings is 4. The highest BCUT2D eigenvalue weighted by atomic mass is 35.5. The van der Waals surface area contributed by atoms with Crippen LogP contribution in [0.5, 0.6) is 0 Å². The Morgan fingerprint density at radius 2 is 1.67 bits per heavy atom. The van der Waals surface area contributed by atoms with Crippen LogP contribution >= 0.6 is 23.2 Å². The Kier molecular flexibility index (Phi) is 11.4. The molecule has 12 nitrogen and oxygen atoms in total. The molecule has 1 aliphatic heterocycles. The first-order chi connectivity index (χ1) is 26.2. The van der Waals surface area contributed by atoms with E-state index in [9.17, 15) is 27.2 Å². The van der Waals surface area contributed by atoms with Crippen molar-refractivity contribution < 1.29 is 36.7 Å². The predicted molar refractivity (Wildman–Crippen MR) is 207 cm³/mol. The number of carboxylic acids is 1. The van der Waals surface area contributed by atoms with E-state index in [1.807, 2.05) is 42.6 Å². The number of aromatic nitrogens is 1. The van der Waals surface area contributed by atoms with Crippen molar-refractivity contribution in [2.75, 3.05) is 15.5 Å². The minimum absolute atomic E-state index is 0.163. The molecule has 2 amide bonds. The van der Waals surface area contributed by atoms with Gasteiger partial charge in [0.05, 0.1) is 46.2 Å². The van der Waals surface area contributed by atoms with Gasteiger partial charge in [-0.15, -0.1) is 0 Å². The van der Waals surface area contributed by atoms with Crippen molar-refractivity contribution in [1.82, 2.24) is 4.57 Å². The van der Waals surface area contributed by atoms with Gasteiger partial charge in [-0.1, -0.05) is 47.5 Å². The molecule has 2 aromatic heterocycles. The van der Waals surface area contributed by atoms with E-state index in [1.54, 1.807) is 42.2 Å². The number of aromatic carboxylic acids is 1. The van der Waals surface area contributed by atoms with Gasteiger partial charge in [0.25, 0.3) is 11.8 Å². The maximum atomic E-state index is 13.6. The molecule has 5 N–H and O–H groups in total. The van der Waals surface area contributed by atoms with Gasteiger partial charge in [-0.3, -0.25) is 9.59 Å². The molecular formula is C39H32Cl2FN5O7S. The quantitative estimate of drug-likeness (QED) is 0.120. The summed E-state index contributed by atoms with van der Waals surface area (Å²) >= 11 is 12.3. The average Bonchev–Trinajstić information content (AvgIpc) is 3.80. The molecule has 6 aromatic rings. The van der Waals surface area contributed by atoms with Crippen LogP contribution in [0.15, 0.2) is 119 Å². The van der Waals surface area contributed by atoms with E-state index in [0.717, 1.165) is 23.0 Å². The van der Waals surface area contributed by atoms with Gasteiger partial charge >= 0.3 is 5.97 Å². The first-order valence-corrected chi connectivity index (χ1v) is 18.8. The third-order valence-corrected chi connectivity index (χ3v) is 10.3. The third-order valence-electron chi connectivity index (χ3n) is 8.66. The molecule has 282 valence electrons. The number of aryl methyl sites for hydroxylation is 1. The second-order valence-corrected chi connectivity index (χ2v) is 14.7. The smallest absolute Gasteiger partial charge is 0.337 e. The number of hydrogen-bond acceptors (Lipinski definition) is 7. The molecule has 0 saturated carbocycles. The lowest BCUT2D eigenvalue weighted by molar-refractivity contribution is 0.0697. The Morgan fingerprint density at radius 3 is 2.38 bits per heavy atom. The monoisotopic (exact) mass is 803 g/mol. The summed E-state index contributed by atoms with van der Waals surface area (Å²) in [6, 6.07) is 26.1. The van der Waals surface area contributed by atoms with Crippen molar-refractivity contribution in [1.29, 1.82) is 0 Å². The van der Waals surface area contributed by atoms with Crippen LogP contribution in [0.1, 0.15) is 53.7 Å². The van der Waals surface area contributed by atoms with Crippen LogP contribution in [0, 0.1) is 12.7 Å². The number of carboxylic acid groups (broad SMARTS) is 1. The maximum absolute atomic E-state index is 13.6. The van der Waals surface area contributed by atoms with E-state index in [4.69, 9.17) is 37.9 Å². The molecule has 4 aromatic carbocycles. The van der Waals surface area contributed by atoms with Crippen LogP contribution in [0.4, 0.5) is 21.5 Å². The summed E-state index contributed by atoms with van der Waals surface area (Å²) in [6.45, 7) is 3.05. The summed E-state index contributed by atoms with van der Waals surface area (Å²) < 4.78 is 43.5. The van der Waals surface area contributed by atoms with Gasteiger partial charge in [0.1, 0.15) is 16.5 Å². The Labute approximate surface area is 324 Å². The number of amides is 2. The zero-order valence-corrected chi connectivity index (χ0v) is 31.3. The van der Waals surface area contributed by atoms with Crippen LogP contribution in [0.25, 0.3) is 0 Å². The second-order valence-electron chi connectivity index (χ2n) is 12.4. The van der Waals surface area contributed by atoms with E-state index < -0.39 is 32.6 Å². The zero-order chi connectivity index (χ0) is 39.4. The molecule has 1 aliphatic rings. The normalized spacial score (nSPS) is 12.1. The van der Waals surface area contributed by atoms with Crippen LogP contribution in [0.3, 0.4) is 0 Å². The molecule has 0 radical (unpaired) electrons. The van der Waals surface area contributed by atoms with Crippen LogP contribution in [-0.2, 0) is 29.7 Å². The van der Waals surface area contributed by atoms with E-state index in [0.29, 0.717) is 35.7 Å². The maximum Gasteiger partial charge on any atom is 0.337 e. The van der Waals surface area contributed by atoms with Crippen LogP contribution in [-0.4, -0.2) is 35.9 Å². The van der Waals surface area contributed by atoms with Gasteiger partial charge < -0.3 is 29.6 Å². The minimum Gasteiger partial charge on any atom is -0.478 e. The SMILES string of the molecule is Cc1ccc(F)cc1C(=O)Nc1ccc(C(=O)N2Cc3cccn3Cc3ccccc32)c(Cl)c1.NS(=O)(=O)c1cc(C(=O)O)c(NCc2ccco2)cc1Cl. The van der Waals surface area contributed by atoms with Gasteiger partial charge in [-0.05, 0) is 90.8 Å². The van der Waals surface area contributed by atoms with E-state index in [2.05, 4.69) is 15.2 Å². The number of fused-ring (bicyclic) bond motifs is 2. The summed E-state index contributed by atoms with van der Waals surface area (Å²) in [5.74, 6) is -1.89. The molecule has 0 saturated heterocycles. The Bertz CT molecular complexity index is 2540. The number of sulfonamides is 1. The van der Waals surface area contributed by atoms with Crippen molar-refractivity contribution in [3.63, 3.8) is 0 Å². The van der Waals surface area contributed by atoms with Crippen LogP contribution in [0.2, 0.25) is 10.0 Å². The van der Waals surface area contributed by atoms with E-state index in [1.165, 1.54) is 30.5 Å². The summed E-state index contributed by atoms with van der Waals surface area (Å²) in [5, 5.41) is 19.8. The highest BCUT2D eigenvalue weighted by Gasteiger charge is 2.26. The van der Waals surface area contributed by atoms with Crippen molar-refractivity contribution in [2.24, 2.45) is 5.14 Å². The summed E-state index contributed by atoms with van der Waals surface area (Å²) in [5.41, 5.74) is 4.45. The first-order valence-electron chi connectivity index (χ1n) is 16.5. The predicted octanol–water partition coefficient (Wildman–Crippen LogP) is 7.94. The number of primary sulfonamides is 1. The standard InChI is InChI=1S/C27H21ClFN3O2.C12H11ClN2O5S/c1-17-8-9-19(29)13-23(17)26(33)30-20-10-11-22(24(28)14-20)27(34)32-16-21-6-4-12-31(21)15-18-5-2-3-7-25(18)32;13-9-5-10(15-6-7-2-1-3-20-7)8(12(16)17)4-11(9)21(14,18)19/h2-14H,15-16H2,1H3,(H,30,33);1-5,15H,6H2,(H,16,17)(H2,14,18,19). The second kappa shape index (κ2) is 16.2. The van der Waals surface area contributed by atoms with Gasteiger partial charge in [-0.2, -0.15) is 0 Å². The largest absolute Gasteiger partial charge is 0.478 e. The fourth-order valence-electron chi connectivity index (χ4n) is 5.91. The average molecular weight is 805 g/mol. The van der Waals surface area contributed by atoms with Crippen molar-refractivity contribution in [3.05, 3.63) is 165 Å². The molecule has 16 heteroatoms. The number of hydrogen-bond donors (Lipinski definition) is 4. The molecule has 0 spiro atoms. The molecular weight excluding hydrogens is 772 g/mol. The summed E-state index contributed by atoms with van der Waals surface area (Å²) in [4.78, 5) is 38.8. The van der Waals surface area contributed by atoms with Crippen molar-refractivity contribution in [2.45, 2.75) is 31.5 Å². The molecule has 7 rings (SSSR count). The third kappa shape index (κ3) is 8.90. The number of rotatable bonds is 8. The number of carbonyl (C=O) groups is 3. The molecule has 0 aliphatic carbocycles. The summed E-state index contributed by atoms with van der Waals surface area (Å²) in [6.07, 6.45) is 3.48. The number of anilines is 3. The Morgan fingerprint density at radius 1 is 0.891 bits per heavy atom. The van der Waals surface area contributed by atoms with Crippen LogP contribution < -0.4 is 20.7 Å². The van der Waals surface area contributed by atoms with Gasteiger partial charge in [0.15, 0.2) is 0 Å². The highest BCUT2D eigenvalue weighted by Crippen LogP contribution is 2.32. The fraction of sp³-hybridized carbons (Fsp3) is 0.103. The lowest BCUT2D eigenvalue weighted by Gasteiger charge is -2.23. The van der Waals surface area contributed by atoms with Crippen molar-refractivity contribution in [3.8, 4) is 0 Å². The lowest BCUT2D eigenvalue weighted by atomic mass is 10.1. The first kappa shape index (κ1) is 38.8. The van der Waals surface area contributed by atoms with Crippen molar-refractivity contribution >= 4 is 68.1 Å². The fourth-order valence-corrected chi connectivity index (χ4v) is 7.27. The van der Waals surface area contributed by atoms with Gasteiger partial charge in [0.2, 0.25) is 10.0 Å². The molecule has 0 bridgehead atoms. The Balaban J connectivity index is 0.000000211. The Hall–Kier alpha value is -5.93. The van der Waals surface area contributed by atoms with E-state index in [-0.39, 0.29) is 39.3 Å². The summed E-state index contributed by atoms with van der Waals surface area (Å²) in [7, 11) is -4.11. The topological polar surface area (TPSA) is 177 Å². The van der Waals surface area contributed by atoms with Gasteiger partial charge in [-0.25, -0.2) is 22.7 Å². The number of nitrogens with two attached hydrogens (primary N) is 1. The lowest BCUT2D eigenvalue weighted by Crippen LogP contribution is -2.30. The number of furan rings is 1. The number of nitrogens with zero attached hydrogens (tertiary/aromatic N) is 2. The molecule has 0 unspecified atom stereocenters. The highest BCUT2D eigenvalue weighted by molar-refractivity contribution is 7.89. The number of halogens is 3. The number of para-hydroxylation sites is 1. The molecule has 0 fully saturated rings. The minimum atomic E-state index is -4.11. The number of nitrogens with one attached hydrogen (secondary N) is 2. The molecule has 0 atom stereocenters. The van der Waals surface area contributed by atoms with Gasteiger partial charge in [0, 0.05) is 35.4 Å². The number of carbonyl (C=O) groups excluding carboxylic acids is 2. The zero-order valence-electron chi connectivity index (χ0n) is 28.9.